The summed E-state index contributed by atoms with van der Waals surface area (Å²) >= 11 is 0. The maximum absolute atomic E-state index is 9.04. The SMILES string of the molecule is CCC(C)C(c1ccccc1)(c1ccc(OCCO)cc1)c1ccc(OCCO)cc1. The topological polar surface area (TPSA) is 58.9 Å². The minimum Gasteiger partial charge on any atom is -0.491 e. The van der Waals surface area contributed by atoms with Gasteiger partial charge in [-0.3, -0.25) is 0 Å². The fraction of sp³-hybridized carbons (Fsp3) is 0.333. The molecule has 0 bridgehead atoms. The standard InChI is InChI=1S/C27H32O4/c1-3-21(2)27(22-7-5-4-6-8-22,23-9-13-25(14-10-23)30-19-17-28)24-11-15-26(16-12-24)31-20-18-29/h4-16,21,28-29H,3,17-20H2,1-2H3. The Bertz CT molecular complexity index is 853. The van der Waals surface area contributed by atoms with Crippen LogP contribution in [-0.2, 0) is 5.41 Å². The van der Waals surface area contributed by atoms with Crippen LogP contribution in [0.3, 0.4) is 0 Å². The predicted octanol–water partition coefficient (Wildman–Crippen LogP) is 4.81. The molecule has 0 heterocycles. The normalized spacial score (nSPS) is 12.4. The largest absolute Gasteiger partial charge is 0.491 e. The highest BCUT2D eigenvalue weighted by atomic mass is 16.5. The molecule has 0 aliphatic carbocycles. The van der Waals surface area contributed by atoms with Crippen LogP contribution < -0.4 is 9.47 Å². The van der Waals surface area contributed by atoms with Crippen molar-refractivity contribution >= 4 is 0 Å². The summed E-state index contributed by atoms with van der Waals surface area (Å²) in [5.74, 6) is 1.82. The zero-order chi connectivity index (χ0) is 22.1. The van der Waals surface area contributed by atoms with Gasteiger partial charge in [-0.25, -0.2) is 0 Å². The van der Waals surface area contributed by atoms with E-state index in [-0.39, 0.29) is 31.8 Å². The Kier molecular flexibility index (Phi) is 8.10. The van der Waals surface area contributed by atoms with Crippen molar-refractivity contribution in [1.29, 1.82) is 0 Å². The Morgan fingerprint density at radius 1 is 0.677 bits per heavy atom. The van der Waals surface area contributed by atoms with Crippen LogP contribution in [0.25, 0.3) is 0 Å². The van der Waals surface area contributed by atoms with Gasteiger partial charge in [0.25, 0.3) is 0 Å². The quantitative estimate of drug-likeness (QED) is 0.437. The first kappa shape index (κ1) is 22.9. The minimum atomic E-state index is -0.346. The Labute approximate surface area is 185 Å². The van der Waals surface area contributed by atoms with E-state index in [4.69, 9.17) is 19.7 Å². The van der Waals surface area contributed by atoms with Crippen molar-refractivity contribution < 1.29 is 19.7 Å². The van der Waals surface area contributed by atoms with Gasteiger partial charge < -0.3 is 19.7 Å². The van der Waals surface area contributed by atoms with Gasteiger partial charge in [0.15, 0.2) is 0 Å². The second-order valence-corrected chi connectivity index (χ2v) is 7.68. The van der Waals surface area contributed by atoms with Gasteiger partial charge in [0, 0.05) is 5.41 Å². The highest BCUT2D eigenvalue weighted by molar-refractivity contribution is 5.53. The van der Waals surface area contributed by atoms with Crippen LogP contribution in [0.15, 0.2) is 78.9 Å². The van der Waals surface area contributed by atoms with Crippen LogP contribution in [0.2, 0.25) is 0 Å². The molecule has 2 N–H and O–H groups in total. The molecule has 0 saturated carbocycles. The number of aliphatic hydroxyl groups excluding tert-OH is 2. The average molecular weight is 421 g/mol. The van der Waals surface area contributed by atoms with Crippen LogP contribution in [-0.4, -0.2) is 36.6 Å². The summed E-state index contributed by atoms with van der Waals surface area (Å²) in [6.07, 6.45) is 1.00. The lowest BCUT2D eigenvalue weighted by Gasteiger charge is -2.41. The molecule has 0 aromatic heterocycles. The van der Waals surface area contributed by atoms with Gasteiger partial charge in [-0.2, -0.15) is 0 Å². The molecule has 1 atom stereocenters. The van der Waals surface area contributed by atoms with E-state index >= 15 is 0 Å². The summed E-state index contributed by atoms with van der Waals surface area (Å²) in [5, 5.41) is 18.1. The second-order valence-electron chi connectivity index (χ2n) is 7.68. The zero-order valence-corrected chi connectivity index (χ0v) is 18.3. The summed E-state index contributed by atoms with van der Waals surface area (Å²) in [6.45, 7) is 5.06. The van der Waals surface area contributed by atoms with Gasteiger partial charge >= 0.3 is 0 Å². The van der Waals surface area contributed by atoms with Crippen molar-refractivity contribution in [2.45, 2.75) is 25.7 Å². The molecule has 0 saturated heterocycles. The van der Waals surface area contributed by atoms with Gasteiger partial charge in [0.2, 0.25) is 0 Å². The zero-order valence-electron chi connectivity index (χ0n) is 18.3. The maximum Gasteiger partial charge on any atom is 0.119 e. The van der Waals surface area contributed by atoms with Gasteiger partial charge in [-0.05, 0) is 46.9 Å². The number of rotatable bonds is 11. The first-order valence-electron chi connectivity index (χ1n) is 10.9. The predicted molar refractivity (Wildman–Crippen MR) is 124 cm³/mol. The molecule has 0 radical (unpaired) electrons. The average Bonchev–Trinajstić information content (AvgIpc) is 2.84. The number of hydrogen-bond acceptors (Lipinski definition) is 4. The maximum atomic E-state index is 9.04. The van der Waals surface area contributed by atoms with Gasteiger partial charge in [-0.15, -0.1) is 0 Å². The Morgan fingerprint density at radius 3 is 1.48 bits per heavy atom. The Hall–Kier alpha value is -2.82. The molecule has 0 amide bonds. The van der Waals surface area contributed by atoms with E-state index in [1.165, 1.54) is 16.7 Å². The van der Waals surface area contributed by atoms with Crippen molar-refractivity contribution in [1.82, 2.24) is 0 Å². The van der Waals surface area contributed by atoms with Crippen LogP contribution in [0.5, 0.6) is 11.5 Å². The number of benzene rings is 3. The lowest BCUT2D eigenvalue weighted by Crippen LogP contribution is -2.36. The molecular weight excluding hydrogens is 388 g/mol. The van der Waals surface area contributed by atoms with Crippen LogP contribution in [0, 0.1) is 5.92 Å². The molecule has 3 aromatic rings. The van der Waals surface area contributed by atoms with Crippen molar-refractivity contribution in [2.75, 3.05) is 26.4 Å². The third-order valence-corrected chi connectivity index (χ3v) is 5.92. The fourth-order valence-corrected chi connectivity index (χ4v) is 4.32. The van der Waals surface area contributed by atoms with E-state index in [0.29, 0.717) is 5.92 Å². The molecule has 4 nitrogen and oxygen atoms in total. The second kappa shape index (κ2) is 11.0. The molecule has 1 unspecified atom stereocenters. The highest BCUT2D eigenvalue weighted by Gasteiger charge is 2.40. The lowest BCUT2D eigenvalue weighted by molar-refractivity contribution is 0.201. The van der Waals surface area contributed by atoms with E-state index in [9.17, 15) is 0 Å². The fourth-order valence-electron chi connectivity index (χ4n) is 4.32. The molecule has 0 aliphatic rings. The van der Waals surface area contributed by atoms with Gasteiger partial charge in [0.05, 0.1) is 13.2 Å². The monoisotopic (exact) mass is 420 g/mol. The molecular formula is C27H32O4. The third kappa shape index (κ3) is 4.92. The summed E-state index contributed by atoms with van der Waals surface area (Å²) in [5.41, 5.74) is 3.26. The molecule has 0 spiro atoms. The number of ether oxygens (including phenoxy) is 2. The van der Waals surface area contributed by atoms with Gasteiger partial charge in [0.1, 0.15) is 24.7 Å². The molecule has 4 heteroatoms. The van der Waals surface area contributed by atoms with E-state index in [1.807, 2.05) is 30.3 Å². The van der Waals surface area contributed by atoms with E-state index in [2.05, 4.69) is 62.4 Å². The summed E-state index contributed by atoms with van der Waals surface area (Å²) in [4.78, 5) is 0. The van der Waals surface area contributed by atoms with E-state index < -0.39 is 0 Å². The van der Waals surface area contributed by atoms with Crippen molar-refractivity contribution in [3.8, 4) is 11.5 Å². The smallest absolute Gasteiger partial charge is 0.119 e. The van der Waals surface area contributed by atoms with Gasteiger partial charge in [-0.1, -0.05) is 74.9 Å². The first-order valence-corrected chi connectivity index (χ1v) is 10.9. The molecule has 0 aliphatic heterocycles. The first-order chi connectivity index (χ1) is 15.2. The third-order valence-electron chi connectivity index (χ3n) is 5.92. The summed E-state index contributed by atoms with van der Waals surface area (Å²) in [7, 11) is 0. The number of aliphatic hydroxyl groups is 2. The van der Waals surface area contributed by atoms with Crippen molar-refractivity contribution in [2.24, 2.45) is 5.92 Å². The highest BCUT2D eigenvalue weighted by Crippen LogP contribution is 2.47. The van der Waals surface area contributed by atoms with E-state index in [0.717, 1.165) is 17.9 Å². The van der Waals surface area contributed by atoms with Crippen molar-refractivity contribution in [3.05, 3.63) is 95.6 Å². The number of hydrogen-bond donors (Lipinski definition) is 2. The van der Waals surface area contributed by atoms with Crippen LogP contribution >= 0.6 is 0 Å². The Balaban J connectivity index is 2.14. The van der Waals surface area contributed by atoms with Crippen LogP contribution in [0.4, 0.5) is 0 Å². The lowest BCUT2D eigenvalue weighted by atomic mass is 9.61. The summed E-state index contributed by atoms with van der Waals surface area (Å²) < 4.78 is 11.2. The van der Waals surface area contributed by atoms with E-state index in [1.54, 1.807) is 0 Å². The molecule has 31 heavy (non-hydrogen) atoms. The molecule has 164 valence electrons. The molecule has 0 fully saturated rings. The molecule has 3 rings (SSSR count). The Morgan fingerprint density at radius 2 is 1.10 bits per heavy atom. The van der Waals surface area contributed by atoms with Crippen LogP contribution in [0.1, 0.15) is 37.0 Å². The van der Waals surface area contributed by atoms with Crippen molar-refractivity contribution in [3.63, 3.8) is 0 Å². The minimum absolute atomic E-state index is 0.00667. The molecule has 3 aromatic carbocycles. The summed E-state index contributed by atoms with van der Waals surface area (Å²) in [6, 6.07) is 27.0.